The van der Waals surface area contributed by atoms with Crippen LogP contribution in [0.15, 0.2) is 29.1 Å². The minimum absolute atomic E-state index is 0.00922. The Morgan fingerprint density at radius 3 is 2.72 bits per heavy atom. The van der Waals surface area contributed by atoms with Crippen LogP contribution in [-0.2, 0) is 12.8 Å². The SMILES string of the molecule is Cc1ccccc1-c1nc2sc3c(c2c(=O)[nH]1)CCC(C(C)(C)C)C3. The number of aryl methyl sites for hydroxylation is 2. The second kappa shape index (κ2) is 5.80. The van der Waals surface area contributed by atoms with E-state index in [9.17, 15) is 4.79 Å². The summed E-state index contributed by atoms with van der Waals surface area (Å²) in [4.78, 5) is 22.9. The van der Waals surface area contributed by atoms with Crippen molar-refractivity contribution >= 4 is 21.6 Å². The van der Waals surface area contributed by atoms with E-state index in [1.807, 2.05) is 31.2 Å². The number of thiophene rings is 1. The third-order valence-corrected chi connectivity index (χ3v) is 6.69. The van der Waals surface area contributed by atoms with Gasteiger partial charge in [-0.05, 0) is 48.6 Å². The van der Waals surface area contributed by atoms with Crippen molar-refractivity contribution in [3.05, 3.63) is 50.6 Å². The van der Waals surface area contributed by atoms with Crippen molar-refractivity contribution in [2.75, 3.05) is 0 Å². The highest BCUT2D eigenvalue weighted by Gasteiger charge is 2.31. The molecule has 4 rings (SSSR count). The predicted molar refractivity (Wildman–Crippen MR) is 105 cm³/mol. The molecule has 0 saturated heterocycles. The lowest BCUT2D eigenvalue weighted by molar-refractivity contribution is 0.218. The van der Waals surface area contributed by atoms with Gasteiger partial charge in [0.15, 0.2) is 0 Å². The first-order valence-corrected chi connectivity index (χ1v) is 9.77. The monoisotopic (exact) mass is 352 g/mol. The van der Waals surface area contributed by atoms with Gasteiger partial charge in [-0.1, -0.05) is 45.0 Å². The number of nitrogens with zero attached hydrogens (tertiary/aromatic N) is 1. The molecule has 0 bridgehead atoms. The molecule has 4 heteroatoms. The normalized spacial score (nSPS) is 17.7. The Labute approximate surface area is 152 Å². The van der Waals surface area contributed by atoms with Gasteiger partial charge in [0, 0.05) is 10.4 Å². The highest BCUT2D eigenvalue weighted by Crippen LogP contribution is 2.42. The summed E-state index contributed by atoms with van der Waals surface area (Å²) in [6.07, 6.45) is 3.21. The van der Waals surface area contributed by atoms with Crippen LogP contribution in [0.4, 0.5) is 0 Å². The van der Waals surface area contributed by atoms with E-state index < -0.39 is 0 Å². The number of aromatic nitrogens is 2. The topological polar surface area (TPSA) is 45.8 Å². The summed E-state index contributed by atoms with van der Waals surface area (Å²) in [5, 5.41) is 0.824. The molecule has 130 valence electrons. The standard InChI is InChI=1S/C21H24N2OS/c1-12-7-5-6-8-14(12)18-22-19(24)17-15-10-9-13(21(2,3)4)11-16(15)25-20(17)23-18/h5-8,13H,9-11H2,1-4H3,(H,22,23,24). The molecule has 0 radical (unpaired) electrons. The van der Waals surface area contributed by atoms with Crippen LogP contribution in [0.3, 0.4) is 0 Å². The Hall–Kier alpha value is -1.94. The van der Waals surface area contributed by atoms with Gasteiger partial charge in [-0.15, -0.1) is 11.3 Å². The Morgan fingerprint density at radius 2 is 2.00 bits per heavy atom. The first-order chi connectivity index (χ1) is 11.8. The largest absolute Gasteiger partial charge is 0.306 e. The smallest absolute Gasteiger partial charge is 0.260 e. The van der Waals surface area contributed by atoms with Gasteiger partial charge in [0.1, 0.15) is 10.7 Å². The fourth-order valence-electron chi connectivity index (χ4n) is 3.89. The maximum Gasteiger partial charge on any atom is 0.260 e. The van der Waals surface area contributed by atoms with Crippen LogP contribution in [0.1, 0.15) is 43.2 Å². The molecule has 1 N–H and O–H groups in total. The summed E-state index contributed by atoms with van der Waals surface area (Å²) in [6.45, 7) is 9.00. The van der Waals surface area contributed by atoms with E-state index in [0.717, 1.165) is 40.6 Å². The van der Waals surface area contributed by atoms with Crippen LogP contribution < -0.4 is 5.56 Å². The van der Waals surface area contributed by atoms with Crippen molar-refractivity contribution in [1.29, 1.82) is 0 Å². The summed E-state index contributed by atoms with van der Waals surface area (Å²) < 4.78 is 0. The molecule has 1 unspecified atom stereocenters. The van der Waals surface area contributed by atoms with E-state index in [4.69, 9.17) is 4.98 Å². The van der Waals surface area contributed by atoms with Crippen LogP contribution in [0, 0.1) is 18.3 Å². The summed E-state index contributed by atoms with van der Waals surface area (Å²) in [5.41, 5.74) is 3.68. The summed E-state index contributed by atoms with van der Waals surface area (Å²) in [6, 6.07) is 8.06. The predicted octanol–water partition coefficient (Wildman–Crippen LogP) is 5.11. The maximum absolute atomic E-state index is 12.8. The number of benzene rings is 1. The lowest BCUT2D eigenvalue weighted by Crippen LogP contribution is -2.26. The van der Waals surface area contributed by atoms with Gasteiger partial charge in [-0.25, -0.2) is 4.98 Å². The van der Waals surface area contributed by atoms with Gasteiger partial charge < -0.3 is 4.98 Å². The van der Waals surface area contributed by atoms with Crippen LogP contribution in [0.2, 0.25) is 0 Å². The zero-order chi connectivity index (χ0) is 17.8. The minimum Gasteiger partial charge on any atom is -0.306 e. The lowest BCUT2D eigenvalue weighted by Gasteiger charge is -2.33. The second-order valence-corrected chi connectivity index (χ2v) is 9.30. The maximum atomic E-state index is 12.8. The van der Waals surface area contributed by atoms with E-state index >= 15 is 0 Å². The Balaban J connectivity index is 1.85. The zero-order valence-corrected chi connectivity index (χ0v) is 16.1. The molecule has 1 aliphatic rings. The summed E-state index contributed by atoms with van der Waals surface area (Å²) in [7, 11) is 0. The molecule has 0 spiro atoms. The van der Waals surface area contributed by atoms with Crippen LogP contribution in [-0.4, -0.2) is 9.97 Å². The molecule has 25 heavy (non-hydrogen) atoms. The van der Waals surface area contributed by atoms with E-state index in [2.05, 4.69) is 25.8 Å². The molecule has 0 aliphatic heterocycles. The lowest BCUT2D eigenvalue weighted by atomic mass is 9.72. The van der Waals surface area contributed by atoms with Gasteiger partial charge in [-0.3, -0.25) is 4.79 Å². The molecule has 1 atom stereocenters. The number of aromatic amines is 1. The van der Waals surface area contributed by atoms with Gasteiger partial charge in [0.05, 0.1) is 5.39 Å². The van der Waals surface area contributed by atoms with E-state index in [1.54, 1.807) is 11.3 Å². The molecule has 3 aromatic rings. The molecule has 0 saturated carbocycles. The van der Waals surface area contributed by atoms with Gasteiger partial charge in [0.25, 0.3) is 5.56 Å². The van der Waals surface area contributed by atoms with Gasteiger partial charge in [0.2, 0.25) is 0 Å². The van der Waals surface area contributed by atoms with Crippen molar-refractivity contribution < 1.29 is 0 Å². The fraction of sp³-hybridized carbons (Fsp3) is 0.429. The molecule has 2 heterocycles. The number of H-pyrrole nitrogens is 1. The Morgan fingerprint density at radius 1 is 1.24 bits per heavy atom. The van der Waals surface area contributed by atoms with Gasteiger partial charge >= 0.3 is 0 Å². The van der Waals surface area contributed by atoms with Crippen molar-refractivity contribution in [2.45, 2.75) is 47.0 Å². The van der Waals surface area contributed by atoms with E-state index in [1.165, 1.54) is 10.4 Å². The van der Waals surface area contributed by atoms with Crippen LogP contribution in [0.25, 0.3) is 21.6 Å². The number of nitrogens with one attached hydrogen (secondary N) is 1. The molecular weight excluding hydrogens is 328 g/mol. The Bertz CT molecular complexity index is 1010. The summed E-state index contributed by atoms with van der Waals surface area (Å²) >= 11 is 1.72. The first-order valence-electron chi connectivity index (χ1n) is 8.95. The third-order valence-electron chi connectivity index (χ3n) is 5.54. The highest BCUT2D eigenvalue weighted by atomic mass is 32.1. The fourth-order valence-corrected chi connectivity index (χ4v) is 5.19. The molecule has 0 amide bonds. The third kappa shape index (κ3) is 2.82. The van der Waals surface area contributed by atoms with Crippen molar-refractivity contribution in [3.63, 3.8) is 0 Å². The molecule has 1 aliphatic carbocycles. The van der Waals surface area contributed by atoms with Crippen molar-refractivity contribution in [2.24, 2.45) is 11.3 Å². The molecular formula is C21H24N2OS. The van der Waals surface area contributed by atoms with Crippen LogP contribution in [0.5, 0.6) is 0 Å². The highest BCUT2D eigenvalue weighted by molar-refractivity contribution is 7.18. The van der Waals surface area contributed by atoms with Crippen molar-refractivity contribution in [3.8, 4) is 11.4 Å². The minimum atomic E-state index is 0.00922. The molecule has 0 fully saturated rings. The number of fused-ring (bicyclic) bond motifs is 3. The van der Waals surface area contributed by atoms with E-state index in [0.29, 0.717) is 17.2 Å². The number of rotatable bonds is 1. The first kappa shape index (κ1) is 16.5. The average molecular weight is 353 g/mol. The number of hydrogen-bond acceptors (Lipinski definition) is 3. The zero-order valence-electron chi connectivity index (χ0n) is 15.3. The van der Waals surface area contributed by atoms with Crippen LogP contribution >= 0.6 is 11.3 Å². The number of hydrogen-bond donors (Lipinski definition) is 1. The van der Waals surface area contributed by atoms with Crippen molar-refractivity contribution in [1.82, 2.24) is 9.97 Å². The second-order valence-electron chi connectivity index (χ2n) is 8.22. The van der Waals surface area contributed by atoms with Gasteiger partial charge in [-0.2, -0.15) is 0 Å². The molecule has 1 aromatic carbocycles. The molecule has 3 nitrogen and oxygen atoms in total. The van der Waals surface area contributed by atoms with E-state index in [-0.39, 0.29) is 5.56 Å². The Kier molecular flexibility index (Phi) is 3.84. The summed E-state index contributed by atoms with van der Waals surface area (Å²) in [5.74, 6) is 1.35. The quantitative estimate of drug-likeness (QED) is 0.661. The average Bonchev–Trinajstić information content (AvgIpc) is 2.92. The molecule has 2 aromatic heterocycles.